The van der Waals surface area contributed by atoms with E-state index in [1.54, 1.807) is 0 Å². The number of hydrogen-bond acceptors (Lipinski definition) is 4. The number of nitrogens with one attached hydrogen (secondary N) is 1. The molecule has 0 aromatic heterocycles. The Bertz CT molecular complexity index is 171. The summed E-state index contributed by atoms with van der Waals surface area (Å²) in [7, 11) is 1.30. The van der Waals surface area contributed by atoms with Crippen LogP contribution in [0.25, 0.3) is 0 Å². The number of carbonyl (C=O) groups is 2. The fourth-order valence-electron chi connectivity index (χ4n) is 0.575. The van der Waals surface area contributed by atoms with E-state index < -0.39 is 12.0 Å². The van der Waals surface area contributed by atoms with Crippen LogP contribution in [-0.2, 0) is 14.4 Å². The molecule has 0 bridgehead atoms. The van der Waals surface area contributed by atoms with Crippen molar-refractivity contribution in [3.05, 3.63) is 0 Å². The number of aliphatic carboxylic acids is 1. The maximum absolute atomic E-state index is 10.7. The van der Waals surface area contributed by atoms with Crippen molar-refractivity contribution in [2.45, 2.75) is 18.9 Å². The smallest absolute Gasteiger partial charge is 0.320 e. The first kappa shape index (κ1) is 10.9. The Morgan fingerprint density at radius 1 is 1.67 bits per heavy atom. The minimum atomic E-state index is -1.11. The number of rotatable bonds is 5. The van der Waals surface area contributed by atoms with Gasteiger partial charge in [0.25, 0.3) is 0 Å². The molecule has 1 amide bonds. The molecular weight excluding hydrogens is 164 g/mol. The molecule has 1 unspecified atom stereocenters. The van der Waals surface area contributed by atoms with Crippen LogP contribution in [0.15, 0.2) is 0 Å². The van der Waals surface area contributed by atoms with Crippen LogP contribution < -0.4 is 11.2 Å². The van der Waals surface area contributed by atoms with E-state index in [9.17, 15) is 9.59 Å². The molecule has 0 aromatic carbocycles. The molecule has 0 radical (unpaired) electrons. The zero-order valence-electron chi connectivity index (χ0n) is 6.74. The molecule has 6 heteroatoms. The zero-order valence-corrected chi connectivity index (χ0v) is 6.74. The normalized spacial score (nSPS) is 12.2. The highest BCUT2D eigenvalue weighted by atomic mass is 16.6. The molecular formula is C6H12N2O4. The van der Waals surface area contributed by atoms with Crippen LogP contribution in [0.5, 0.6) is 0 Å². The van der Waals surface area contributed by atoms with E-state index in [0.29, 0.717) is 0 Å². The van der Waals surface area contributed by atoms with Gasteiger partial charge in [-0.15, -0.1) is 0 Å². The Hall–Kier alpha value is -1.14. The minimum absolute atomic E-state index is 0.0430. The number of carboxylic acid groups (broad SMARTS) is 1. The van der Waals surface area contributed by atoms with Gasteiger partial charge in [-0.3, -0.25) is 14.4 Å². The van der Waals surface area contributed by atoms with Crippen LogP contribution in [0.4, 0.5) is 0 Å². The molecule has 1 atom stereocenters. The summed E-state index contributed by atoms with van der Waals surface area (Å²) in [6.07, 6.45) is 0.145. The van der Waals surface area contributed by atoms with E-state index in [2.05, 4.69) is 10.3 Å². The molecule has 0 heterocycles. The number of carbonyl (C=O) groups excluding carboxylic acids is 1. The highest BCUT2D eigenvalue weighted by molar-refractivity contribution is 5.77. The van der Waals surface area contributed by atoms with Crippen molar-refractivity contribution in [1.29, 1.82) is 0 Å². The molecule has 0 saturated carbocycles. The van der Waals surface area contributed by atoms with Gasteiger partial charge >= 0.3 is 5.97 Å². The third-order valence-electron chi connectivity index (χ3n) is 1.22. The number of amides is 1. The van der Waals surface area contributed by atoms with E-state index in [4.69, 9.17) is 10.8 Å². The average Bonchev–Trinajstić information content (AvgIpc) is 2.00. The van der Waals surface area contributed by atoms with Gasteiger partial charge in [0.05, 0.1) is 7.11 Å². The Kier molecular flexibility index (Phi) is 4.98. The maximum Gasteiger partial charge on any atom is 0.320 e. The largest absolute Gasteiger partial charge is 0.480 e. The summed E-state index contributed by atoms with van der Waals surface area (Å²) >= 11 is 0. The summed E-state index contributed by atoms with van der Waals surface area (Å²) in [4.78, 5) is 25.2. The highest BCUT2D eigenvalue weighted by Gasteiger charge is 2.12. The molecule has 0 aliphatic heterocycles. The molecule has 0 fully saturated rings. The summed E-state index contributed by atoms with van der Waals surface area (Å²) < 4.78 is 0. The van der Waals surface area contributed by atoms with Crippen molar-refractivity contribution >= 4 is 11.9 Å². The van der Waals surface area contributed by atoms with E-state index in [-0.39, 0.29) is 18.7 Å². The lowest BCUT2D eigenvalue weighted by molar-refractivity contribution is -0.139. The van der Waals surface area contributed by atoms with E-state index in [0.717, 1.165) is 0 Å². The monoisotopic (exact) mass is 176 g/mol. The molecule has 0 spiro atoms. The minimum Gasteiger partial charge on any atom is -0.480 e. The Labute approximate surface area is 69.6 Å². The fraction of sp³-hybridized carbons (Fsp3) is 0.667. The molecule has 0 aliphatic carbocycles. The second-order valence-corrected chi connectivity index (χ2v) is 2.21. The molecule has 0 aromatic rings. The van der Waals surface area contributed by atoms with E-state index in [1.165, 1.54) is 7.11 Å². The first-order valence-corrected chi connectivity index (χ1v) is 3.38. The lowest BCUT2D eigenvalue weighted by atomic mass is 10.2. The van der Waals surface area contributed by atoms with Gasteiger partial charge in [-0.2, -0.15) is 0 Å². The molecule has 12 heavy (non-hydrogen) atoms. The van der Waals surface area contributed by atoms with Crippen LogP contribution in [0.3, 0.4) is 0 Å². The van der Waals surface area contributed by atoms with Gasteiger partial charge < -0.3 is 10.8 Å². The summed E-state index contributed by atoms with van der Waals surface area (Å²) in [5, 5.41) is 8.34. The molecule has 70 valence electrons. The second-order valence-electron chi connectivity index (χ2n) is 2.21. The summed E-state index contributed by atoms with van der Waals surface area (Å²) in [5.41, 5.74) is 7.19. The van der Waals surface area contributed by atoms with E-state index in [1.807, 2.05) is 0 Å². The predicted octanol–water partition coefficient (Wildman–Crippen LogP) is -1.14. The summed E-state index contributed by atoms with van der Waals surface area (Å²) in [5.74, 6) is -1.49. The SMILES string of the molecule is CONC(=O)CCC(N)C(=O)O. The third-order valence-corrected chi connectivity index (χ3v) is 1.22. The topological polar surface area (TPSA) is 102 Å². The van der Waals surface area contributed by atoms with Crippen molar-refractivity contribution in [2.24, 2.45) is 5.73 Å². The highest BCUT2D eigenvalue weighted by Crippen LogP contribution is 1.94. The van der Waals surface area contributed by atoms with Gasteiger partial charge in [-0.1, -0.05) is 0 Å². The van der Waals surface area contributed by atoms with Crippen LogP contribution in [0.1, 0.15) is 12.8 Å². The quantitative estimate of drug-likeness (QED) is 0.459. The van der Waals surface area contributed by atoms with Gasteiger partial charge in [-0.05, 0) is 6.42 Å². The van der Waals surface area contributed by atoms with Crippen LogP contribution in [-0.4, -0.2) is 30.1 Å². The second kappa shape index (κ2) is 5.50. The first-order valence-electron chi connectivity index (χ1n) is 3.38. The number of nitrogens with two attached hydrogens (primary N) is 1. The Morgan fingerprint density at radius 2 is 2.25 bits per heavy atom. The lowest BCUT2D eigenvalue weighted by Gasteiger charge is -2.05. The van der Waals surface area contributed by atoms with Crippen molar-refractivity contribution < 1.29 is 19.5 Å². The predicted molar refractivity (Wildman–Crippen MR) is 40.0 cm³/mol. The summed E-state index contributed by atoms with van der Waals surface area (Å²) in [6, 6.07) is -0.993. The summed E-state index contributed by atoms with van der Waals surface area (Å²) in [6.45, 7) is 0. The van der Waals surface area contributed by atoms with Crippen molar-refractivity contribution in [3.63, 3.8) is 0 Å². The fourth-order valence-corrected chi connectivity index (χ4v) is 0.575. The molecule has 6 nitrogen and oxygen atoms in total. The van der Waals surface area contributed by atoms with Gasteiger partial charge in [0.1, 0.15) is 6.04 Å². The van der Waals surface area contributed by atoms with Crippen molar-refractivity contribution in [1.82, 2.24) is 5.48 Å². The van der Waals surface area contributed by atoms with Gasteiger partial charge in [0.15, 0.2) is 0 Å². The Balaban J connectivity index is 3.54. The van der Waals surface area contributed by atoms with Crippen LogP contribution >= 0.6 is 0 Å². The molecule has 0 saturated heterocycles. The number of hydrogen-bond donors (Lipinski definition) is 3. The standard InChI is InChI=1S/C6H12N2O4/c1-12-8-5(9)3-2-4(7)6(10)11/h4H,2-3,7H2,1H3,(H,8,9)(H,10,11). The lowest BCUT2D eigenvalue weighted by Crippen LogP contribution is -2.32. The third kappa shape index (κ3) is 4.64. The van der Waals surface area contributed by atoms with E-state index >= 15 is 0 Å². The number of carboxylic acids is 1. The van der Waals surface area contributed by atoms with Gasteiger partial charge in [0.2, 0.25) is 5.91 Å². The van der Waals surface area contributed by atoms with Crippen molar-refractivity contribution in [2.75, 3.05) is 7.11 Å². The molecule has 0 rings (SSSR count). The first-order chi connectivity index (χ1) is 5.57. The van der Waals surface area contributed by atoms with Crippen molar-refractivity contribution in [3.8, 4) is 0 Å². The van der Waals surface area contributed by atoms with Crippen LogP contribution in [0, 0.1) is 0 Å². The van der Waals surface area contributed by atoms with Gasteiger partial charge in [0, 0.05) is 6.42 Å². The average molecular weight is 176 g/mol. The molecule has 4 N–H and O–H groups in total. The maximum atomic E-state index is 10.7. The Morgan fingerprint density at radius 3 is 2.67 bits per heavy atom. The van der Waals surface area contributed by atoms with Gasteiger partial charge in [-0.25, -0.2) is 5.48 Å². The van der Waals surface area contributed by atoms with Crippen LogP contribution in [0.2, 0.25) is 0 Å². The molecule has 0 aliphatic rings. The zero-order chi connectivity index (χ0) is 9.56. The number of hydroxylamine groups is 1.